The van der Waals surface area contributed by atoms with Gasteiger partial charge in [0.25, 0.3) is 0 Å². The van der Waals surface area contributed by atoms with Gasteiger partial charge in [-0.05, 0) is 12.8 Å². The number of rotatable bonds is 2. The summed E-state index contributed by atoms with van der Waals surface area (Å²) in [5, 5.41) is 7.58. The SMILES string of the molecule is CN(c1nnco1)C1CCCCC1. The van der Waals surface area contributed by atoms with Crippen molar-refractivity contribution in [2.45, 2.75) is 38.1 Å². The van der Waals surface area contributed by atoms with Gasteiger partial charge in [-0.3, -0.25) is 0 Å². The Balaban J connectivity index is 1.99. The first kappa shape index (κ1) is 8.53. The van der Waals surface area contributed by atoms with Gasteiger partial charge in [-0.1, -0.05) is 24.4 Å². The van der Waals surface area contributed by atoms with Crippen molar-refractivity contribution >= 4 is 6.01 Å². The molecule has 0 amide bonds. The second-order valence-corrected chi connectivity index (χ2v) is 3.62. The largest absolute Gasteiger partial charge is 0.411 e. The van der Waals surface area contributed by atoms with Crippen LogP contribution in [-0.2, 0) is 0 Å². The summed E-state index contributed by atoms with van der Waals surface area (Å²) in [6.07, 6.45) is 7.90. The van der Waals surface area contributed by atoms with Gasteiger partial charge in [0, 0.05) is 13.1 Å². The van der Waals surface area contributed by atoms with E-state index in [1.807, 2.05) is 7.05 Å². The molecule has 0 spiro atoms. The lowest BCUT2D eigenvalue weighted by atomic mass is 9.95. The Morgan fingerprint density at radius 1 is 1.38 bits per heavy atom. The predicted molar refractivity (Wildman–Crippen MR) is 49.6 cm³/mol. The van der Waals surface area contributed by atoms with E-state index in [-0.39, 0.29) is 0 Å². The lowest BCUT2D eigenvalue weighted by Gasteiger charge is -2.29. The average Bonchev–Trinajstić information content (AvgIpc) is 2.71. The molecular weight excluding hydrogens is 166 g/mol. The van der Waals surface area contributed by atoms with E-state index in [1.54, 1.807) is 0 Å². The van der Waals surface area contributed by atoms with Gasteiger partial charge < -0.3 is 9.32 Å². The van der Waals surface area contributed by atoms with Gasteiger partial charge in [0.15, 0.2) is 0 Å². The number of hydrogen-bond donors (Lipinski definition) is 0. The Labute approximate surface area is 77.9 Å². The van der Waals surface area contributed by atoms with Gasteiger partial charge in [-0.25, -0.2) is 0 Å². The molecule has 1 heterocycles. The van der Waals surface area contributed by atoms with E-state index in [4.69, 9.17) is 4.42 Å². The van der Waals surface area contributed by atoms with E-state index in [0.29, 0.717) is 12.1 Å². The highest BCUT2D eigenvalue weighted by Gasteiger charge is 2.20. The highest BCUT2D eigenvalue weighted by Crippen LogP contribution is 2.24. The summed E-state index contributed by atoms with van der Waals surface area (Å²) in [6.45, 7) is 0. The standard InChI is InChI=1S/C9H15N3O/c1-12(9-11-10-7-13-9)8-5-3-2-4-6-8/h7-8H,2-6H2,1H3. The van der Waals surface area contributed by atoms with E-state index < -0.39 is 0 Å². The van der Waals surface area contributed by atoms with Crippen LogP contribution in [0, 0.1) is 0 Å². The fraction of sp³-hybridized carbons (Fsp3) is 0.778. The molecule has 1 aliphatic carbocycles. The minimum atomic E-state index is 0.592. The Morgan fingerprint density at radius 3 is 2.77 bits per heavy atom. The summed E-state index contributed by atoms with van der Waals surface area (Å²) in [5.41, 5.74) is 0. The van der Waals surface area contributed by atoms with Crippen LogP contribution in [0.1, 0.15) is 32.1 Å². The van der Waals surface area contributed by atoms with E-state index in [2.05, 4.69) is 15.1 Å². The fourth-order valence-electron chi connectivity index (χ4n) is 1.95. The predicted octanol–water partition coefficient (Wildman–Crippen LogP) is 1.84. The lowest BCUT2D eigenvalue weighted by Crippen LogP contribution is -2.33. The average molecular weight is 181 g/mol. The molecule has 0 bridgehead atoms. The summed E-state index contributed by atoms with van der Waals surface area (Å²) in [5.74, 6) is 0. The zero-order valence-electron chi connectivity index (χ0n) is 7.94. The van der Waals surface area contributed by atoms with Crippen LogP contribution in [0.15, 0.2) is 10.8 Å². The van der Waals surface area contributed by atoms with E-state index >= 15 is 0 Å². The van der Waals surface area contributed by atoms with Crippen molar-refractivity contribution in [3.63, 3.8) is 0 Å². The second-order valence-electron chi connectivity index (χ2n) is 3.62. The first-order valence-corrected chi connectivity index (χ1v) is 4.87. The van der Waals surface area contributed by atoms with Gasteiger partial charge in [0.1, 0.15) is 0 Å². The Hall–Kier alpha value is -1.06. The van der Waals surface area contributed by atoms with Gasteiger partial charge in [-0.15, -0.1) is 5.10 Å². The molecule has 0 aliphatic heterocycles. The third-order valence-electron chi connectivity index (χ3n) is 2.77. The van der Waals surface area contributed by atoms with Crippen LogP contribution >= 0.6 is 0 Å². The summed E-state index contributed by atoms with van der Waals surface area (Å²) < 4.78 is 5.15. The quantitative estimate of drug-likeness (QED) is 0.698. The normalized spacial score (nSPS) is 18.8. The number of aromatic nitrogens is 2. The smallest absolute Gasteiger partial charge is 0.317 e. The first-order valence-electron chi connectivity index (χ1n) is 4.87. The zero-order chi connectivity index (χ0) is 9.10. The van der Waals surface area contributed by atoms with Crippen molar-refractivity contribution in [3.05, 3.63) is 6.39 Å². The molecule has 0 N–H and O–H groups in total. The molecule has 1 fully saturated rings. The number of nitrogens with zero attached hydrogens (tertiary/aromatic N) is 3. The number of hydrogen-bond acceptors (Lipinski definition) is 4. The topological polar surface area (TPSA) is 42.2 Å². The second kappa shape index (κ2) is 3.77. The molecule has 4 heteroatoms. The molecule has 0 aromatic carbocycles. The summed E-state index contributed by atoms with van der Waals surface area (Å²) >= 11 is 0. The highest BCUT2D eigenvalue weighted by molar-refractivity contribution is 5.23. The van der Waals surface area contributed by atoms with Crippen molar-refractivity contribution < 1.29 is 4.42 Å². The minimum Gasteiger partial charge on any atom is -0.411 e. The fourth-order valence-corrected chi connectivity index (χ4v) is 1.95. The molecule has 0 unspecified atom stereocenters. The molecule has 4 nitrogen and oxygen atoms in total. The molecule has 1 saturated carbocycles. The molecule has 1 aliphatic rings. The van der Waals surface area contributed by atoms with Crippen LogP contribution in [0.5, 0.6) is 0 Å². The summed E-state index contributed by atoms with van der Waals surface area (Å²) in [7, 11) is 2.03. The molecule has 2 rings (SSSR count). The van der Waals surface area contributed by atoms with Gasteiger partial charge in [0.05, 0.1) is 0 Å². The maximum Gasteiger partial charge on any atom is 0.317 e. The third kappa shape index (κ3) is 1.82. The molecule has 72 valence electrons. The molecule has 1 aromatic rings. The van der Waals surface area contributed by atoms with Gasteiger partial charge in [-0.2, -0.15) is 0 Å². The molecular formula is C9H15N3O. The first-order chi connectivity index (χ1) is 6.38. The van der Waals surface area contributed by atoms with Crippen LogP contribution in [0.2, 0.25) is 0 Å². The zero-order valence-corrected chi connectivity index (χ0v) is 7.94. The lowest BCUT2D eigenvalue weighted by molar-refractivity contribution is 0.405. The van der Waals surface area contributed by atoms with Crippen LogP contribution < -0.4 is 4.90 Å². The van der Waals surface area contributed by atoms with E-state index in [9.17, 15) is 0 Å². The molecule has 0 radical (unpaired) electrons. The summed E-state index contributed by atoms with van der Waals surface area (Å²) in [6, 6.07) is 1.24. The van der Waals surface area contributed by atoms with Crippen molar-refractivity contribution in [1.82, 2.24) is 10.2 Å². The minimum absolute atomic E-state index is 0.592. The molecule has 13 heavy (non-hydrogen) atoms. The van der Waals surface area contributed by atoms with Crippen LogP contribution in [0.25, 0.3) is 0 Å². The van der Waals surface area contributed by atoms with Gasteiger partial charge >= 0.3 is 6.01 Å². The van der Waals surface area contributed by atoms with Crippen molar-refractivity contribution in [3.8, 4) is 0 Å². The maximum absolute atomic E-state index is 5.15. The van der Waals surface area contributed by atoms with Gasteiger partial charge in [0.2, 0.25) is 6.39 Å². The Morgan fingerprint density at radius 2 is 2.15 bits per heavy atom. The monoisotopic (exact) mass is 181 g/mol. The van der Waals surface area contributed by atoms with Crippen molar-refractivity contribution in [2.75, 3.05) is 11.9 Å². The Kier molecular flexibility index (Phi) is 2.47. The number of anilines is 1. The molecule has 0 atom stereocenters. The maximum atomic E-state index is 5.15. The Bertz CT molecular complexity index is 241. The molecule has 1 aromatic heterocycles. The van der Waals surface area contributed by atoms with Crippen LogP contribution in [0.3, 0.4) is 0 Å². The highest BCUT2D eigenvalue weighted by atomic mass is 16.4. The van der Waals surface area contributed by atoms with Crippen LogP contribution in [-0.4, -0.2) is 23.3 Å². The van der Waals surface area contributed by atoms with E-state index in [1.165, 1.54) is 38.5 Å². The van der Waals surface area contributed by atoms with Crippen LogP contribution in [0.4, 0.5) is 6.01 Å². The summed E-state index contributed by atoms with van der Waals surface area (Å²) in [4.78, 5) is 2.10. The van der Waals surface area contributed by atoms with E-state index in [0.717, 1.165) is 0 Å². The third-order valence-corrected chi connectivity index (χ3v) is 2.77. The van der Waals surface area contributed by atoms with Crippen molar-refractivity contribution in [1.29, 1.82) is 0 Å². The molecule has 0 saturated heterocycles. The van der Waals surface area contributed by atoms with Crippen molar-refractivity contribution in [2.24, 2.45) is 0 Å².